The summed E-state index contributed by atoms with van der Waals surface area (Å²) in [4.78, 5) is 16.6. The van der Waals surface area contributed by atoms with Gasteiger partial charge in [-0.2, -0.15) is 5.10 Å². The number of allylic oxidation sites excluding steroid dienone is 1. The molecule has 0 radical (unpaired) electrons. The number of hydrogen-bond donors (Lipinski definition) is 3. The first-order valence-electron chi connectivity index (χ1n) is 15.0. The molecule has 44 heavy (non-hydrogen) atoms. The van der Waals surface area contributed by atoms with Gasteiger partial charge in [-0.1, -0.05) is 74.5 Å². The normalized spacial score (nSPS) is 11.4. The summed E-state index contributed by atoms with van der Waals surface area (Å²) in [6.45, 7) is 4.83. The molecule has 5 aromatic rings. The molecule has 0 bridgehead atoms. The van der Waals surface area contributed by atoms with Crippen LogP contribution >= 0.6 is 11.6 Å². The summed E-state index contributed by atoms with van der Waals surface area (Å²) >= 11 is 6.89. The van der Waals surface area contributed by atoms with Gasteiger partial charge < -0.3 is 19.6 Å². The lowest BCUT2D eigenvalue weighted by Gasteiger charge is -2.10. The van der Waals surface area contributed by atoms with Crippen LogP contribution in [0.4, 0.5) is 0 Å². The standard InChI is InChI=1S/C35H38ClN3O4.CH4/c1-3-28-32(29(39-38-28)17-7-5-6-10-21-40)31-27(36)20-19-26-25(34(37-33(26)31)35(41)42-4-2)16-12-22-43-30-18-11-14-23-13-8-9-15-24(23)30;/h7-9,11,13-15,17-20,37,40H,3-6,10,12,16,21-22H2,1-2H3,(H,38,39);1H4/b17-7-;. The van der Waals surface area contributed by atoms with Crippen molar-refractivity contribution in [3.63, 3.8) is 0 Å². The number of ether oxygens (including phenoxy) is 2. The van der Waals surface area contributed by atoms with E-state index in [1.54, 1.807) is 6.92 Å². The van der Waals surface area contributed by atoms with Gasteiger partial charge in [0.1, 0.15) is 11.4 Å². The summed E-state index contributed by atoms with van der Waals surface area (Å²) in [5.41, 5.74) is 5.58. The average molecular weight is 616 g/mol. The number of H-pyrrole nitrogens is 2. The van der Waals surface area contributed by atoms with Crippen LogP contribution in [0, 0.1) is 0 Å². The van der Waals surface area contributed by atoms with Gasteiger partial charge in [-0.25, -0.2) is 4.79 Å². The summed E-state index contributed by atoms with van der Waals surface area (Å²) in [6.07, 6.45) is 8.62. The Kier molecular flexibility index (Phi) is 11.6. The molecule has 5 rings (SSSR count). The second kappa shape index (κ2) is 15.6. The minimum atomic E-state index is -0.391. The Labute approximate surface area is 264 Å². The molecule has 0 aliphatic carbocycles. The lowest BCUT2D eigenvalue weighted by atomic mass is 9.97. The maximum absolute atomic E-state index is 13.2. The fraction of sp³-hybridized carbons (Fsp3) is 0.333. The summed E-state index contributed by atoms with van der Waals surface area (Å²) < 4.78 is 11.7. The highest BCUT2D eigenvalue weighted by atomic mass is 35.5. The number of nitrogens with zero attached hydrogens (tertiary/aromatic N) is 1. The molecule has 0 amide bonds. The number of benzene rings is 3. The van der Waals surface area contributed by atoms with Crippen molar-refractivity contribution in [1.82, 2.24) is 15.2 Å². The quantitative estimate of drug-likeness (QED) is 0.0855. The van der Waals surface area contributed by atoms with E-state index in [-0.39, 0.29) is 20.6 Å². The van der Waals surface area contributed by atoms with Crippen molar-refractivity contribution in [1.29, 1.82) is 0 Å². The number of fused-ring (bicyclic) bond motifs is 2. The van der Waals surface area contributed by atoms with Gasteiger partial charge in [0.2, 0.25) is 0 Å². The zero-order valence-electron chi connectivity index (χ0n) is 24.7. The SMILES string of the molecule is C.CCOC(=O)c1[nH]c2c(-c3c(/C=C\CCCCO)n[nH]c3CC)c(Cl)ccc2c1CCCOc1cccc2ccccc12. The first-order valence-corrected chi connectivity index (χ1v) is 15.4. The lowest BCUT2D eigenvalue weighted by molar-refractivity contribution is 0.0519. The monoisotopic (exact) mass is 615 g/mol. The number of carbonyl (C=O) groups is 1. The van der Waals surface area contributed by atoms with Gasteiger partial charge in [-0.15, -0.1) is 0 Å². The number of unbranched alkanes of at least 4 members (excludes halogenated alkanes) is 2. The largest absolute Gasteiger partial charge is 0.493 e. The topological polar surface area (TPSA) is 100 Å². The molecule has 2 aromatic heterocycles. The number of esters is 1. The van der Waals surface area contributed by atoms with E-state index in [2.05, 4.69) is 46.4 Å². The summed E-state index contributed by atoms with van der Waals surface area (Å²) in [6, 6.07) is 18.1. The van der Waals surface area contributed by atoms with Crippen LogP contribution in [0.3, 0.4) is 0 Å². The summed E-state index contributed by atoms with van der Waals surface area (Å²) in [5, 5.41) is 20.6. The van der Waals surface area contributed by atoms with E-state index in [9.17, 15) is 4.79 Å². The second-order valence-electron chi connectivity index (χ2n) is 10.4. The number of nitrogens with one attached hydrogen (secondary N) is 2. The number of aliphatic hydroxyl groups is 1. The zero-order valence-corrected chi connectivity index (χ0v) is 25.5. The number of hydrogen-bond acceptors (Lipinski definition) is 5. The van der Waals surface area contributed by atoms with E-state index >= 15 is 0 Å². The number of rotatable bonds is 14. The van der Waals surface area contributed by atoms with E-state index in [4.69, 9.17) is 26.2 Å². The Morgan fingerprint density at radius 2 is 1.82 bits per heavy atom. The van der Waals surface area contributed by atoms with Crippen LogP contribution in [0.2, 0.25) is 5.02 Å². The van der Waals surface area contributed by atoms with Crippen LogP contribution in [0.25, 0.3) is 38.9 Å². The Morgan fingerprint density at radius 3 is 2.61 bits per heavy atom. The lowest BCUT2D eigenvalue weighted by Crippen LogP contribution is -2.09. The van der Waals surface area contributed by atoms with E-state index in [1.165, 1.54) is 0 Å². The van der Waals surface area contributed by atoms with Gasteiger partial charge in [-0.05, 0) is 74.6 Å². The minimum absolute atomic E-state index is 0. The van der Waals surface area contributed by atoms with Crippen LogP contribution in [0.15, 0.2) is 60.7 Å². The molecule has 0 saturated heterocycles. The predicted octanol–water partition coefficient (Wildman–Crippen LogP) is 8.93. The molecule has 8 heteroatoms. The van der Waals surface area contributed by atoms with Crippen LogP contribution in [-0.4, -0.2) is 46.1 Å². The first kappa shape index (κ1) is 32.8. The Hall–Kier alpha value is -4.07. The molecule has 0 spiro atoms. The van der Waals surface area contributed by atoms with Crippen molar-refractivity contribution in [2.75, 3.05) is 19.8 Å². The number of carbonyl (C=O) groups excluding carboxylic acids is 1. The van der Waals surface area contributed by atoms with Gasteiger partial charge in [0, 0.05) is 34.2 Å². The highest BCUT2D eigenvalue weighted by Gasteiger charge is 2.25. The molecule has 3 aromatic carbocycles. The van der Waals surface area contributed by atoms with Gasteiger partial charge in [-0.3, -0.25) is 5.10 Å². The summed E-state index contributed by atoms with van der Waals surface area (Å²) in [7, 11) is 0. The van der Waals surface area contributed by atoms with Crippen molar-refractivity contribution < 1.29 is 19.4 Å². The highest BCUT2D eigenvalue weighted by Crippen LogP contribution is 2.41. The molecule has 0 atom stereocenters. The van der Waals surface area contributed by atoms with Gasteiger partial charge >= 0.3 is 5.97 Å². The maximum atomic E-state index is 13.2. The second-order valence-corrected chi connectivity index (χ2v) is 10.8. The number of aromatic amines is 2. The average Bonchev–Trinajstić information content (AvgIpc) is 3.60. The van der Waals surface area contributed by atoms with E-state index in [0.717, 1.165) is 81.2 Å². The highest BCUT2D eigenvalue weighted by molar-refractivity contribution is 6.35. The van der Waals surface area contributed by atoms with E-state index < -0.39 is 5.97 Å². The van der Waals surface area contributed by atoms with E-state index in [1.807, 2.05) is 42.5 Å². The number of aromatic nitrogens is 3. The van der Waals surface area contributed by atoms with Crippen molar-refractivity contribution in [3.05, 3.63) is 88.3 Å². The molecule has 3 N–H and O–H groups in total. The van der Waals surface area contributed by atoms with Crippen LogP contribution in [-0.2, 0) is 17.6 Å². The fourth-order valence-corrected chi connectivity index (χ4v) is 5.80. The number of aryl methyl sites for hydroxylation is 2. The molecular weight excluding hydrogens is 574 g/mol. The molecule has 0 unspecified atom stereocenters. The molecule has 7 nitrogen and oxygen atoms in total. The van der Waals surface area contributed by atoms with Crippen molar-refractivity contribution in [2.24, 2.45) is 0 Å². The van der Waals surface area contributed by atoms with E-state index in [0.29, 0.717) is 30.2 Å². The Morgan fingerprint density at radius 1 is 1.00 bits per heavy atom. The number of halogens is 1. The molecule has 2 heterocycles. The van der Waals surface area contributed by atoms with Crippen LogP contribution < -0.4 is 4.74 Å². The third-order valence-electron chi connectivity index (χ3n) is 7.62. The fourth-order valence-electron chi connectivity index (χ4n) is 5.55. The first-order chi connectivity index (χ1) is 21.1. The molecule has 0 fully saturated rings. The maximum Gasteiger partial charge on any atom is 0.355 e. The molecule has 232 valence electrons. The van der Waals surface area contributed by atoms with Crippen molar-refractivity contribution in [2.45, 2.75) is 59.8 Å². The van der Waals surface area contributed by atoms with Crippen LogP contribution in [0.5, 0.6) is 5.75 Å². The van der Waals surface area contributed by atoms with Gasteiger partial charge in [0.25, 0.3) is 0 Å². The molecule has 0 aliphatic rings. The van der Waals surface area contributed by atoms with Gasteiger partial charge in [0.05, 0.1) is 29.4 Å². The smallest absolute Gasteiger partial charge is 0.355 e. The third-order valence-corrected chi connectivity index (χ3v) is 7.93. The Bertz CT molecular complexity index is 1730. The van der Waals surface area contributed by atoms with Crippen molar-refractivity contribution >= 4 is 45.3 Å². The molecular formula is C36H42ClN3O4. The minimum Gasteiger partial charge on any atom is -0.493 e. The summed E-state index contributed by atoms with van der Waals surface area (Å²) in [5.74, 6) is 0.457. The third kappa shape index (κ3) is 7.01. The Balaban J connectivity index is 0.00000442. The predicted molar refractivity (Wildman–Crippen MR) is 181 cm³/mol. The molecule has 0 aliphatic heterocycles. The van der Waals surface area contributed by atoms with Crippen molar-refractivity contribution in [3.8, 4) is 16.9 Å². The van der Waals surface area contributed by atoms with Crippen LogP contribution in [0.1, 0.15) is 74.4 Å². The number of aliphatic hydroxyl groups excluding tert-OH is 1. The zero-order chi connectivity index (χ0) is 30.2. The molecule has 0 saturated carbocycles. The van der Waals surface area contributed by atoms with Gasteiger partial charge in [0.15, 0.2) is 0 Å².